The third kappa shape index (κ3) is 6.63. The van der Waals surface area contributed by atoms with Crippen molar-refractivity contribution in [3.63, 3.8) is 0 Å². The van der Waals surface area contributed by atoms with E-state index in [1.54, 1.807) is 0 Å². The maximum atomic E-state index is 6.09. The zero-order chi connectivity index (χ0) is 12.4. The fourth-order valence-electron chi connectivity index (χ4n) is 1.92. The zero-order valence-electron chi connectivity index (χ0n) is 11.5. The highest BCUT2D eigenvalue weighted by Gasteiger charge is 2.29. The van der Waals surface area contributed by atoms with Gasteiger partial charge in [0.25, 0.3) is 0 Å². The molecule has 0 saturated carbocycles. The lowest BCUT2D eigenvalue weighted by atomic mass is 9.95. The second-order valence-corrected chi connectivity index (χ2v) is 5.75. The lowest BCUT2D eigenvalue weighted by Gasteiger charge is -2.32. The number of hydrogen-bond acceptors (Lipinski definition) is 3. The Morgan fingerprint density at radius 2 is 1.31 bits per heavy atom. The third-order valence-electron chi connectivity index (χ3n) is 2.54. The van der Waals surface area contributed by atoms with E-state index in [2.05, 4.69) is 20.8 Å². The molecule has 0 aromatic heterocycles. The first kappa shape index (κ1) is 16.1. The maximum absolute atomic E-state index is 6.09. The molecule has 0 rings (SSSR count). The van der Waals surface area contributed by atoms with Crippen LogP contribution in [0.25, 0.3) is 0 Å². The first-order chi connectivity index (χ1) is 7.61. The first-order valence-electron chi connectivity index (χ1n) is 6.52. The van der Waals surface area contributed by atoms with Gasteiger partial charge in [0.1, 0.15) is 0 Å². The molecule has 0 aliphatic carbocycles. The van der Waals surface area contributed by atoms with E-state index in [4.69, 9.17) is 13.3 Å². The molecule has 3 nitrogen and oxygen atoms in total. The van der Waals surface area contributed by atoms with Crippen molar-refractivity contribution in [1.29, 1.82) is 0 Å². The van der Waals surface area contributed by atoms with E-state index >= 15 is 0 Å². The Morgan fingerprint density at radius 3 is 1.62 bits per heavy atom. The average molecular weight is 248 g/mol. The predicted octanol–water partition coefficient (Wildman–Crippen LogP) is 3.15. The van der Waals surface area contributed by atoms with Crippen molar-refractivity contribution in [2.24, 2.45) is 0 Å². The van der Waals surface area contributed by atoms with Gasteiger partial charge in [-0.05, 0) is 33.6 Å². The highest BCUT2D eigenvalue weighted by Crippen LogP contribution is 2.25. The van der Waals surface area contributed by atoms with Crippen molar-refractivity contribution in [3.8, 4) is 0 Å². The quantitative estimate of drug-likeness (QED) is 0.556. The fourth-order valence-corrected chi connectivity index (χ4v) is 3.40. The second-order valence-electron chi connectivity index (χ2n) is 4.27. The molecule has 0 aromatic carbocycles. The zero-order valence-corrected chi connectivity index (χ0v) is 12.7. The van der Waals surface area contributed by atoms with Crippen molar-refractivity contribution >= 4 is 9.53 Å². The highest BCUT2D eigenvalue weighted by atomic mass is 28.3. The molecular formula is C12H28O3Si. The second kappa shape index (κ2) is 9.16. The molecule has 0 unspecified atom stereocenters. The van der Waals surface area contributed by atoms with Gasteiger partial charge in [0, 0.05) is 13.2 Å². The monoisotopic (exact) mass is 248 g/mol. The summed E-state index contributed by atoms with van der Waals surface area (Å²) in [5.41, 5.74) is -0.0648. The summed E-state index contributed by atoms with van der Waals surface area (Å²) >= 11 is 0. The van der Waals surface area contributed by atoms with Crippen LogP contribution < -0.4 is 0 Å². The van der Waals surface area contributed by atoms with Gasteiger partial charge in [-0.2, -0.15) is 0 Å². The third-order valence-corrected chi connectivity index (χ3v) is 4.52. The molecule has 0 aromatic rings. The van der Waals surface area contributed by atoms with E-state index in [1.807, 2.05) is 13.8 Å². The number of rotatable bonds is 10. The number of hydrogen-bond donors (Lipinski definition) is 0. The van der Waals surface area contributed by atoms with Gasteiger partial charge in [0.15, 0.2) is 0 Å². The summed E-state index contributed by atoms with van der Waals surface area (Å²) in [6.07, 6.45) is 4.42. The van der Waals surface area contributed by atoms with Gasteiger partial charge in [-0.3, -0.25) is 0 Å². The Morgan fingerprint density at radius 1 is 0.875 bits per heavy atom. The molecule has 0 N–H and O–H groups in total. The van der Waals surface area contributed by atoms with E-state index in [9.17, 15) is 0 Å². The molecule has 0 heterocycles. The molecule has 0 fully saturated rings. The Labute approximate surface area is 102 Å². The molecule has 0 spiro atoms. The molecule has 0 radical (unpaired) electrons. The predicted molar refractivity (Wildman–Crippen MR) is 69.7 cm³/mol. The lowest BCUT2D eigenvalue weighted by molar-refractivity contribution is -0.00733. The average Bonchev–Trinajstić information content (AvgIpc) is 2.18. The van der Waals surface area contributed by atoms with Crippen LogP contribution in [0.2, 0.25) is 0 Å². The van der Waals surface area contributed by atoms with Crippen LogP contribution in [0.15, 0.2) is 0 Å². The van der Waals surface area contributed by atoms with Crippen molar-refractivity contribution in [2.45, 2.75) is 65.9 Å². The molecule has 0 amide bonds. The summed E-state index contributed by atoms with van der Waals surface area (Å²) in [5.74, 6) is 0. The van der Waals surface area contributed by atoms with Gasteiger partial charge in [0.05, 0.1) is 5.60 Å². The van der Waals surface area contributed by atoms with Crippen LogP contribution in [0.3, 0.4) is 0 Å². The Hall–Kier alpha value is 0.0969. The van der Waals surface area contributed by atoms with Gasteiger partial charge in [-0.1, -0.05) is 26.7 Å². The molecule has 0 atom stereocenters. The van der Waals surface area contributed by atoms with Crippen LogP contribution in [0.5, 0.6) is 0 Å². The molecule has 98 valence electrons. The smallest absolute Gasteiger partial charge is 0.376 e. The van der Waals surface area contributed by atoms with Crippen LogP contribution in [-0.2, 0) is 13.3 Å². The van der Waals surface area contributed by atoms with Crippen LogP contribution in [0.4, 0.5) is 0 Å². The molecule has 16 heavy (non-hydrogen) atoms. The Balaban J connectivity index is 4.30. The molecular weight excluding hydrogens is 220 g/mol. The fraction of sp³-hybridized carbons (Fsp3) is 1.00. The summed E-state index contributed by atoms with van der Waals surface area (Å²) in [6, 6.07) is 0. The standard InChI is InChI=1S/C12H28O3Si/c1-6-10-12(5,11-7-2)15-16(13-8-3)14-9-4/h16H,6-11H2,1-5H3. The molecule has 0 aliphatic heterocycles. The molecule has 0 bridgehead atoms. The van der Waals surface area contributed by atoms with Crippen LogP contribution in [-0.4, -0.2) is 28.3 Å². The van der Waals surface area contributed by atoms with Gasteiger partial charge < -0.3 is 13.3 Å². The first-order valence-corrected chi connectivity index (χ1v) is 7.94. The van der Waals surface area contributed by atoms with E-state index in [-0.39, 0.29) is 5.60 Å². The summed E-state index contributed by atoms with van der Waals surface area (Å²) in [6.45, 7) is 11.9. The van der Waals surface area contributed by atoms with Crippen molar-refractivity contribution in [3.05, 3.63) is 0 Å². The largest absolute Gasteiger partial charge is 0.484 e. The molecule has 4 heteroatoms. The highest BCUT2D eigenvalue weighted by molar-refractivity contribution is 6.36. The summed E-state index contributed by atoms with van der Waals surface area (Å²) in [4.78, 5) is 0. The summed E-state index contributed by atoms with van der Waals surface area (Å²) in [5, 5.41) is 0. The lowest BCUT2D eigenvalue weighted by Crippen LogP contribution is -2.39. The minimum Gasteiger partial charge on any atom is -0.376 e. The maximum Gasteiger partial charge on any atom is 0.484 e. The topological polar surface area (TPSA) is 27.7 Å². The van der Waals surface area contributed by atoms with E-state index in [1.165, 1.54) is 0 Å². The van der Waals surface area contributed by atoms with Gasteiger partial charge in [0.2, 0.25) is 0 Å². The van der Waals surface area contributed by atoms with Gasteiger partial charge in [-0.15, -0.1) is 0 Å². The molecule has 0 saturated heterocycles. The summed E-state index contributed by atoms with van der Waals surface area (Å²) < 4.78 is 17.2. The van der Waals surface area contributed by atoms with Crippen LogP contribution in [0.1, 0.15) is 60.3 Å². The van der Waals surface area contributed by atoms with E-state index < -0.39 is 9.53 Å². The van der Waals surface area contributed by atoms with Gasteiger partial charge in [-0.25, -0.2) is 0 Å². The SMILES string of the molecule is CCCC(C)(CCC)O[SiH](OCC)OCC. The normalized spacial score (nSPS) is 12.4. The van der Waals surface area contributed by atoms with Crippen molar-refractivity contribution in [2.75, 3.05) is 13.2 Å². The van der Waals surface area contributed by atoms with E-state index in [0.29, 0.717) is 13.2 Å². The minimum absolute atomic E-state index is 0.0648. The minimum atomic E-state index is -1.92. The van der Waals surface area contributed by atoms with Crippen molar-refractivity contribution in [1.82, 2.24) is 0 Å². The van der Waals surface area contributed by atoms with Gasteiger partial charge >= 0.3 is 9.53 Å². The van der Waals surface area contributed by atoms with Crippen LogP contribution in [0, 0.1) is 0 Å². The van der Waals surface area contributed by atoms with E-state index in [0.717, 1.165) is 25.7 Å². The Kier molecular flexibility index (Phi) is 9.22. The molecule has 0 aliphatic rings. The van der Waals surface area contributed by atoms with Crippen molar-refractivity contribution < 1.29 is 13.3 Å². The van der Waals surface area contributed by atoms with Crippen LogP contribution >= 0.6 is 0 Å². The summed E-state index contributed by atoms with van der Waals surface area (Å²) in [7, 11) is -1.92. The Bertz CT molecular complexity index is 152.